The van der Waals surface area contributed by atoms with Crippen molar-refractivity contribution < 1.29 is 4.74 Å². The van der Waals surface area contributed by atoms with E-state index in [-0.39, 0.29) is 12.1 Å². The van der Waals surface area contributed by atoms with Crippen LogP contribution >= 0.6 is 0 Å². The van der Waals surface area contributed by atoms with Crippen molar-refractivity contribution in [2.24, 2.45) is 18.8 Å². The summed E-state index contributed by atoms with van der Waals surface area (Å²) in [5.41, 5.74) is 3.74. The summed E-state index contributed by atoms with van der Waals surface area (Å²) in [7, 11) is 1.85. The first-order valence-electron chi connectivity index (χ1n) is 6.01. The third-order valence-electron chi connectivity index (χ3n) is 2.71. The highest BCUT2D eigenvalue weighted by atomic mass is 16.5. The average Bonchev–Trinajstić information content (AvgIpc) is 2.68. The molecule has 0 aliphatic rings. The van der Waals surface area contributed by atoms with Gasteiger partial charge in [0.15, 0.2) is 0 Å². The van der Waals surface area contributed by atoms with Gasteiger partial charge in [0.25, 0.3) is 0 Å². The topological polar surface area (TPSA) is 78.0 Å². The lowest BCUT2D eigenvalue weighted by Crippen LogP contribution is -2.49. The van der Waals surface area contributed by atoms with Gasteiger partial charge in [-0.3, -0.25) is 16.0 Å². The third-order valence-corrected chi connectivity index (χ3v) is 2.71. The number of nitrogens with one attached hydrogen (secondary N) is 1. The van der Waals surface area contributed by atoms with E-state index in [0.717, 1.165) is 5.69 Å². The van der Waals surface area contributed by atoms with Crippen molar-refractivity contribution in [1.29, 1.82) is 0 Å². The zero-order chi connectivity index (χ0) is 12.8. The Labute approximate surface area is 102 Å². The predicted molar refractivity (Wildman–Crippen MR) is 66.1 cm³/mol. The van der Waals surface area contributed by atoms with Crippen LogP contribution in [0.4, 0.5) is 0 Å². The fourth-order valence-corrected chi connectivity index (χ4v) is 1.95. The number of nitrogens with zero attached hydrogens (tertiary/aromatic N) is 3. The Hall–Kier alpha value is -0.980. The molecule has 1 aromatic rings. The van der Waals surface area contributed by atoms with Gasteiger partial charge in [-0.2, -0.15) is 0 Å². The van der Waals surface area contributed by atoms with Crippen molar-refractivity contribution in [3.05, 3.63) is 11.9 Å². The van der Waals surface area contributed by atoms with E-state index in [1.54, 1.807) is 4.68 Å². The maximum absolute atomic E-state index is 5.74. The average molecular weight is 241 g/mol. The highest BCUT2D eigenvalue weighted by molar-refractivity contribution is 4.97. The van der Waals surface area contributed by atoms with Gasteiger partial charge in [-0.25, -0.2) is 0 Å². The molecule has 2 atom stereocenters. The summed E-state index contributed by atoms with van der Waals surface area (Å²) in [6.07, 6.45) is 2.69. The molecule has 1 aromatic heterocycles. The molecule has 1 heterocycles. The quantitative estimate of drug-likeness (QED) is 0.528. The van der Waals surface area contributed by atoms with E-state index in [0.29, 0.717) is 18.9 Å². The Kier molecular flexibility index (Phi) is 5.54. The monoisotopic (exact) mass is 241 g/mol. The molecule has 0 aliphatic heterocycles. The van der Waals surface area contributed by atoms with Crippen LogP contribution in [0.2, 0.25) is 0 Å². The van der Waals surface area contributed by atoms with Gasteiger partial charge in [0.2, 0.25) is 0 Å². The van der Waals surface area contributed by atoms with Crippen LogP contribution in [0.3, 0.4) is 0 Å². The van der Waals surface area contributed by atoms with Gasteiger partial charge in [0, 0.05) is 26.3 Å². The second-order valence-corrected chi connectivity index (χ2v) is 4.52. The number of aryl methyl sites for hydroxylation is 1. The number of hydrogen-bond acceptors (Lipinski definition) is 5. The molecule has 3 N–H and O–H groups in total. The van der Waals surface area contributed by atoms with Crippen LogP contribution in [-0.4, -0.2) is 33.7 Å². The Morgan fingerprint density at radius 3 is 2.65 bits per heavy atom. The van der Waals surface area contributed by atoms with E-state index in [1.807, 2.05) is 20.2 Å². The number of aromatic nitrogens is 3. The fourth-order valence-electron chi connectivity index (χ4n) is 1.95. The molecule has 17 heavy (non-hydrogen) atoms. The summed E-state index contributed by atoms with van der Waals surface area (Å²) in [5, 5.41) is 7.98. The molecule has 0 amide bonds. The van der Waals surface area contributed by atoms with E-state index in [1.165, 1.54) is 0 Å². The number of ether oxygens (including phenoxy) is 1. The molecule has 1 rings (SSSR count). The van der Waals surface area contributed by atoms with Gasteiger partial charge in [-0.05, 0) is 12.8 Å². The smallest absolute Gasteiger partial charge is 0.0844 e. The van der Waals surface area contributed by atoms with Crippen LogP contribution in [0.15, 0.2) is 6.20 Å². The predicted octanol–water partition coefficient (Wildman–Crippen LogP) is 0.251. The van der Waals surface area contributed by atoms with Gasteiger partial charge >= 0.3 is 0 Å². The number of hydrogen-bond donors (Lipinski definition) is 2. The minimum Gasteiger partial charge on any atom is -0.377 e. The largest absolute Gasteiger partial charge is 0.377 e. The van der Waals surface area contributed by atoms with Gasteiger partial charge in [-0.15, -0.1) is 5.10 Å². The molecule has 0 fully saturated rings. The SMILES string of the molecule is CCOC(C(C)C)C(Cc1cn(C)nn1)NN. The minimum atomic E-state index is 0.0478. The Bertz CT molecular complexity index is 325. The van der Waals surface area contributed by atoms with Crippen LogP contribution in [0.5, 0.6) is 0 Å². The van der Waals surface area contributed by atoms with Crippen molar-refractivity contribution in [2.75, 3.05) is 6.61 Å². The summed E-state index contributed by atoms with van der Waals surface area (Å²) in [5.74, 6) is 6.01. The second-order valence-electron chi connectivity index (χ2n) is 4.52. The normalized spacial score (nSPS) is 15.2. The Balaban J connectivity index is 2.68. The lowest BCUT2D eigenvalue weighted by atomic mass is 9.96. The van der Waals surface area contributed by atoms with Crippen molar-refractivity contribution >= 4 is 0 Å². The number of rotatable bonds is 7. The Morgan fingerprint density at radius 1 is 1.53 bits per heavy atom. The van der Waals surface area contributed by atoms with E-state index in [9.17, 15) is 0 Å². The molecular formula is C11H23N5O. The highest BCUT2D eigenvalue weighted by Gasteiger charge is 2.25. The van der Waals surface area contributed by atoms with E-state index >= 15 is 0 Å². The summed E-state index contributed by atoms with van der Waals surface area (Å²) in [6, 6.07) is 0.0478. The molecule has 0 spiro atoms. The van der Waals surface area contributed by atoms with E-state index in [4.69, 9.17) is 10.6 Å². The molecule has 0 saturated carbocycles. The van der Waals surface area contributed by atoms with Crippen LogP contribution in [-0.2, 0) is 18.2 Å². The zero-order valence-electron chi connectivity index (χ0n) is 11.1. The standard InChI is InChI=1S/C11H23N5O/c1-5-17-11(8(2)3)10(13-12)6-9-7-16(4)15-14-9/h7-8,10-11,13H,5-6,12H2,1-4H3. The van der Waals surface area contributed by atoms with Crippen LogP contribution in [0, 0.1) is 5.92 Å². The molecule has 0 bridgehead atoms. The van der Waals surface area contributed by atoms with E-state index < -0.39 is 0 Å². The summed E-state index contributed by atoms with van der Waals surface area (Å²) in [4.78, 5) is 0. The van der Waals surface area contributed by atoms with Crippen LogP contribution < -0.4 is 11.3 Å². The first kappa shape index (κ1) is 14.1. The van der Waals surface area contributed by atoms with Crippen molar-refractivity contribution in [1.82, 2.24) is 20.4 Å². The third kappa shape index (κ3) is 4.07. The molecular weight excluding hydrogens is 218 g/mol. The molecule has 6 nitrogen and oxygen atoms in total. The number of hydrazine groups is 1. The number of nitrogens with two attached hydrogens (primary N) is 1. The fraction of sp³-hybridized carbons (Fsp3) is 0.818. The summed E-state index contributed by atoms with van der Waals surface area (Å²) >= 11 is 0. The molecule has 0 aliphatic carbocycles. The van der Waals surface area contributed by atoms with Gasteiger partial charge in [0.05, 0.1) is 17.8 Å². The maximum atomic E-state index is 5.74. The minimum absolute atomic E-state index is 0.0478. The zero-order valence-corrected chi connectivity index (χ0v) is 11.1. The van der Waals surface area contributed by atoms with Crippen LogP contribution in [0.1, 0.15) is 26.5 Å². The lowest BCUT2D eigenvalue weighted by molar-refractivity contribution is 0.00334. The van der Waals surface area contributed by atoms with Crippen molar-refractivity contribution in [3.8, 4) is 0 Å². The molecule has 0 radical (unpaired) electrons. The van der Waals surface area contributed by atoms with Gasteiger partial charge in [-0.1, -0.05) is 19.1 Å². The van der Waals surface area contributed by atoms with E-state index in [2.05, 4.69) is 29.6 Å². The maximum Gasteiger partial charge on any atom is 0.0844 e. The molecule has 0 aromatic carbocycles. The van der Waals surface area contributed by atoms with Crippen molar-refractivity contribution in [2.45, 2.75) is 39.3 Å². The molecule has 0 saturated heterocycles. The molecule has 6 heteroatoms. The second kappa shape index (κ2) is 6.68. The molecule has 98 valence electrons. The lowest BCUT2D eigenvalue weighted by Gasteiger charge is -2.28. The molecule has 2 unspecified atom stereocenters. The summed E-state index contributed by atoms with van der Waals surface area (Å²) < 4.78 is 7.43. The first-order valence-corrected chi connectivity index (χ1v) is 6.01. The van der Waals surface area contributed by atoms with Crippen LogP contribution in [0.25, 0.3) is 0 Å². The highest BCUT2D eigenvalue weighted by Crippen LogP contribution is 2.14. The van der Waals surface area contributed by atoms with Gasteiger partial charge in [0.1, 0.15) is 0 Å². The Morgan fingerprint density at radius 2 is 2.24 bits per heavy atom. The van der Waals surface area contributed by atoms with Gasteiger partial charge < -0.3 is 4.74 Å². The van der Waals surface area contributed by atoms with Crippen molar-refractivity contribution in [3.63, 3.8) is 0 Å². The first-order chi connectivity index (χ1) is 8.08. The summed E-state index contributed by atoms with van der Waals surface area (Å²) in [6.45, 7) is 6.93.